The van der Waals surface area contributed by atoms with Crippen LogP contribution in [0.3, 0.4) is 0 Å². The van der Waals surface area contributed by atoms with Gasteiger partial charge in [-0.15, -0.1) is 22.7 Å². The van der Waals surface area contributed by atoms with Crippen molar-refractivity contribution in [3.63, 3.8) is 0 Å². The van der Waals surface area contributed by atoms with Crippen molar-refractivity contribution >= 4 is 46.1 Å². The molecule has 2 aliphatic heterocycles. The zero-order valence-electron chi connectivity index (χ0n) is 17.6. The first-order chi connectivity index (χ1) is 15.6. The van der Waals surface area contributed by atoms with Gasteiger partial charge in [0.2, 0.25) is 5.91 Å². The topological polar surface area (TPSA) is 43.9 Å². The Balaban J connectivity index is 1.26. The first-order valence-electron chi connectivity index (χ1n) is 10.8. The molecule has 8 heteroatoms. The summed E-state index contributed by atoms with van der Waals surface area (Å²) in [6, 6.07) is 14.0. The van der Waals surface area contributed by atoms with Crippen molar-refractivity contribution in [2.75, 3.05) is 39.3 Å². The second-order valence-corrected chi connectivity index (χ2v) is 10.5. The summed E-state index contributed by atoms with van der Waals surface area (Å²) in [7, 11) is 0. The molecule has 1 atom stereocenters. The highest BCUT2D eigenvalue weighted by Gasteiger charge is 2.33. The number of carbonyl (C=O) groups excluding carboxylic acids is 2. The highest BCUT2D eigenvalue weighted by Crippen LogP contribution is 2.38. The number of amides is 2. The van der Waals surface area contributed by atoms with E-state index in [1.54, 1.807) is 11.3 Å². The lowest BCUT2D eigenvalue weighted by Gasteiger charge is -2.39. The van der Waals surface area contributed by atoms with Crippen molar-refractivity contribution in [1.82, 2.24) is 14.7 Å². The number of nitrogens with zero attached hydrogens (tertiary/aromatic N) is 3. The third-order valence-corrected chi connectivity index (χ3v) is 8.35. The highest BCUT2D eigenvalue weighted by atomic mass is 35.5. The second-order valence-electron chi connectivity index (χ2n) is 8.12. The average Bonchev–Trinajstić information content (AvgIpc) is 3.52. The molecule has 1 fully saturated rings. The Morgan fingerprint density at radius 2 is 1.66 bits per heavy atom. The molecule has 1 unspecified atom stereocenters. The minimum Gasteiger partial charge on any atom is -0.338 e. The summed E-state index contributed by atoms with van der Waals surface area (Å²) in [6.45, 7) is 3.55. The molecule has 5 nitrogen and oxygen atoms in total. The fourth-order valence-electron chi connectivity index (χ4n) is 4.56. The Kier molecular flexibility index (Phi) is 6.33. The van der Waals surface area contributed by atoms with Crippen molar-refractivity contribution in [3.8, 4) is 0 Å². The Morgan fingerprint density at radius 3 is 2.38 bits per heavy atom. The lowest BCUT2D eigenvalue weighted by Crippen LogP contribution is -2.53. The number of rotatable bonds is 4. The molecule has 0 aliphatic carbocycles. The first-order valence-corrected chi connectivity index (χ1v) is 12.9. The van der Waals surface area contributed by atoms with Crippen LogP contribution in [0.25, 0.3) is 0 Å². The summed E-state index contributed by atoms with van der Waals surface area (Å²) in [6.07, 6.45) is 0.966. The van der Waals surface area contributed by atoms with Gasteiger partial charge in [0, 0.05) is 42.6 Å². The van der Waals surface area contributed by atoms with E-state index < -0.39 is 0 Å². The fourth-order valence-corrected chi connectivity index (χ4v) is 6.28. The van der Waals surface area contributed by atoms with Crippen LogP contribution in [0.1, 0.15) is 31.7 Å². The first kappa shape index (κ1) is 21.6. The van der Waals surface area contributed by atoms with Crippen LogP contribution in [-0.2, 0) is 11.2 Å². The van der Waals surface area contributed by atoms with Gasteiger partial charge in [0.05, 0.1) is 17.5 Å². The molecule has 1 aromatic carbocycles. The van der Waals surface area contributed by atoms with E-state index in [1.165, 1.54) is 21.8 Å². The highest BCUT2D eigenvalue weighted by molar-refractivity contribution is 7.12. The van der Waals surface area contributed by atoms with Crippen LogP contribution in [0.4, 0.5) is 0 Å². The molecule has 2 aliphatic rings. The van der Waals surface area contributed by atoms with E-state index >= 15 is 0 Å². The van der Waals surface area contributed by atoms with Crippen molar-refractivity contribution in [2.24, 2.45) is 0 Å². The van der Waals surface area contributed by atoms with Crippen LogP contribution in [0.5, 0.6) is 0 Å². The molecule has 0 spiro atoms. The SMILES string of the molecule is O=C(CN1CCc2sccc2C1c1ccc(Cl)cc1)N1CCN(C(=O)c2cccs2)CC1. The normalized spacial score (nSPS) is 19.1. The molecule has 0 N–H and O–H groups in total. The summed E-state index contributed by atoms with van der Waals surface area (Å²) in [4.78, 5) is 34.0. The summed E-state index contributed by atoms with van der Waals surface area (Å²) in [5, 5.41) is 4.78. The predicted molar refractivity (Wildman–Crippen MR) is 130 cm³/mol. The Labute approximate surface area is 200 Å². The number of carbonyl (C=O) groups is 2. The van der Waals surface area contributed by atoms with Crippen LogP contribution in [-0.4, -0.2) is 65.8 Å². The molecule has 5 rings (SSSR count). The Morgan fingerprint density at radius 1 is 0.906 bits per heavy atom. The van der Waals surface area contributed by atoms with Crippen LogP contribution < -0.4 is 0 Å². The number of piperazine rings is 1. The largest absolute Gasteiger partial charge is 0.338 e. The van der Waals surface area contributed by atoms with Crippen LogP contribution in [0.15, 0.2) is 53.2 Å². The predicted octanol–water partition coefficient (Wildman–Crippen LogP) is 4.40. The summed E-state index contributed by atoms with van der Waals surface area (Å²) >= 11 is 9.38. The molecule has 0 bridgehead atoms. The van der Waals surface area contributed by atoms with Crippen molar-refractivity contribution in [3.05, 3.63) is 79.1 Å². The average molecular weight is 486 g/mol. The van der Waals surface area contributed by atoms with Gasteiger partial charge in [-0.3, -0.25) is 14.5 Å². The van der Waals surface area contributed by atoms with Gasteiger partial charge in [-0.2, -0.15) is 0 Å². The van der Waals surface area contributed by atoms with Gasteiger partial charge in [0.1, 0.15) is 0 Å². The van der Waals surface area contributed by atoms with Gasteiger partial charge < -0.3 is 9.80 Å². The lowest BCUT2D eigenvalue weighted by atomic mass is 9.93. The number of hydrogen-bond donors (Lipinski definition) is 0. The zero-order chi connectivity index (χ0) is 22.1. The van der Waals surface area contributed by atoms with Crippen LogP contribution in [0.2, 0.25) is 5.02 Å². The van der Waals surface area contributed by atoms with Gasteiger partial charge in [-0.25, -0.2) is 0 Å². The number of fused-ring (bicyclic) bond motifs is 1. The van der Waals surface area contributed by atoms with E-state index in [0.29, 0.717) is 37.7 Å². The van der Waals surface area contributed by atoms with Crippen molar-refractivity contribution in [2.45, 2.75) is 12.5 Å². The fraction of sp³-hybridized carbons (Fsp3) is 0.333. The molecule has 1 saturated heterocycles. The van der Waals surface area contributed by atoms with Crippen LogP contribution >= 0.6 is 34.3 Å². The summed E-state index contributed by atoms with van der Waals surface area (Å²) in [5.41, 5.74) is 2.45. The van der Waals surface area contributed by atoms with E-state index in [1.807, 2.05) is 39.4 Å². The molecule has 3 aromatic rings. The monoisotopic (exact) mass is 485 g/mol. The molecule has 4 heterocycles. The van der Waals surface area contributed by atoms with Gasteiger partial charge in [-0.05, 0) is 52.6 Å². The quantitative estimate of drug-likeness (QED) is 0.550. The molecule has 2 aromatic heterocycles. The number of hydrogen-bond acceptors (Lipinski definition) is 5. The maximum absolute atomic E-state index is 13.2. The standard InChI is InChI=1S/C24H24ClN3O2S2/c25-18-5-3-17(4-6-18)23-19-8-15-32-20(19)7-9-28(23)16-22(29)26-10-12-27(13-11-26)24(30)21-2-1-14-31-21/h1-6,8,14-15,23H,7,9-13,16H2. The van der Waals surface area contributed by atoms with Gasteiger partial charge >= 0.3 is 0 Å². The van der Waals surface area contributed by atoms with E-state index in [4.69, 9.17) is 11.6 Å². The summed E-state index contributed by atoms with van der Waals surface area (Å²) in [5.74, 6) is 0.196. The van der Waals surface area contributed by atoms with E-state index in [9.17, 15) is 9.59 Å². The second kappa shape index (κ2) is 9.35. The van der Waals surface area contributed by atoms with E-state index in [-0.39, 0.29) is 17.9 Å². The molecule has 2 amide bonds. The number of benzene rings is 1. The molecule has 0 radical (unpaired) electrons. The smallest absolute Gasteiger partial charge is 0.264 e. The Bertz CT molecular complexity index is 1090. The maximum Gasteiger partial charge on any atom is 0.264 e. The third-order valence-electron chi connectivity index (χ3n) is 6.24. The van der Waals surface area contributed by atoms with Gasteiger partial charge in [-0.1, -0.05) is 29.8 Å². The molecule has 0 saturated carbocycles. The third kappa shape index (κ3) is 4.35. The number of halogens is 1. The lowest BCUT2D eigenvalue weighted by molar-refractivity contribution is -0.134. The van der Waals surface area contributed by atoms with Gasteiger partial charge in [0.25, 0.3) is 5.91 Å². The Hall–Kier alpha value is -2.19. The van der Waals surface area contributed by atoms with Crippen LogP contribution in [0, 0.1) is 0 Å². The maximum atomic E-state index is 13.2. The zero-order valence-corrected chi connectivity index (χ0v) is 20.0. The molecular weight excluding hydrogens is 462 g/mol. The minimum atomic E-state index is 0.0629. The molecular formula is C24H24ClN3O2S2. The summed E-state index contributed by atoms with van der Waals surface area (Å²) < 4.78 is 0. The molecule has 166 valence electrons. The van der Waals surface area contributed by atoms with E-state index in [0.717, 1.165) is 23.4 Å². The number of thiophene rings is 2. The van der Waals surface area contributed by atoms with Gasteiger partial charge in [0.15, 0.2) is 0 Å². The molecule has 32 heavy (non-hydrogen) atoms. The minimum absolute atomic E-state index is 0.0629. The van der Waals surface area contributed by atoms with E-state index in [2.05, 4.69) is 28.5 Å². The van der Waals surface area contributed by atoms with Crippen molar-refractivity contribution in [1.29, 1.82) is 0 Å². The van der Waals surface area contributed by atoms with Crippen molar-refractivity contribution < 1.29 is 9.59 Å².